The molecule has 7 heteroatoms. The standard InChI is InChI=1S/C24H26BNO5/c27-19-7-10-21-18(16-19)6-11-22(25(29)30)23(21)24(28)17-4-8-20(9-5-17)31-15-14-26-12-2-1-3-13-26/h4-11,16,27,29-30H,1-3,12-15H2. The number of carbonyl (C=O) groups is 1. The summed E-state index contributed by atoms with van der Waals surface area (Å²) < 4.78 is 5.83. The summed E-state index contributed by atoms with van der Waals surface area (Å²) >= 11 is 0. The number of likely N-dealkylation sites (tertiary alicyclic amines) is 1. The molecule has 0 saturated carbocycles. The van der Waals surface area contributed by atoms with Gasteiger partial charge in [0.1, 0.15) is 18.1 Å². The Morgan fingerprint density at radius 2 is 1.71 bits per heavy atom. The van der Waals surface area contributed by atoms with Crippen LogP contribution in [0.15, 0.2) is 54.6 Å². The summed E-state index contributed by atoms with van der Waals surface area (Å²) in [5, 5.41) is 30.5. The lowest BCUT2D eigenvalue weighted by atomic mass is 9.74. The number of hydrogen-bond acceptors (Lipinski definition) is 6. The largest absolute Gasteiger partial charge is 0.508 e. The van der Waals surface area contributed by atoms with E-state index in [2.05, 4.69) is 4.90 Å². The van der Waals surface area contributed by atoms with Crippen LogP contribution in [0.5, 0.6) is 11.5 Å². The number of nitrogens with zero attached hydrogens (tertiary/aromatic N) is 1. The zero-order valence-electron chi connectivity index (χ0n) is 17.3. The molecule has 3 N–H and O–H groups in total. The predicted molar refractivity (Wildman–Crippen MR) is 121 cm³/mol. The first-order chi connectivity index (χ1) is 15.0. The van der Waals surface area contributed by atoms with Crippen molar-refractivity contribution in [2.24, 2.45) is 0 Å². The van der Waals surface area contributed by atoms with Crippen LogP contribution >= 0.6 is 0 Å². The van der Waals surface area contributed by atoms with E-state index in [0.29, 0.717) is 28.7 Å². The SMILES string of the molecule is O=C(c1ccc(OCCN2CCCCC2)cc1)c1c(B(O)O)ccc2cc(O)ccc12. The van der Waals surface area contributed by atoms with E-state index in [1.54, 1.807) is 42.5 Å². The highest BCUT2D eigenvalue weighted by Gasteiger charge is 2.24. The first-order valence-electron chi connectivity index (χ1n) is 10.6. The molecule has 160 valence electrons. The molecule has 0 radical (unpaired) electrons. The van der Waals surface area contributed by atoms with Crippen molar-refractivity contribution in [2.45, 2.75) is 19.3 Å². The second kappa shape index (κ2) is 9.51. The first kappa shape index (κ1) is 21.4. The van der Waals surface area contributed by atoms with Crippen molar-refractivity contribution < 1.29 is 24.7 Å². The van der Waals surface area contributed by atoms with Crippen LogP contribution in [0.3, 0.4) is 0 Å². The minimum Gasteiger partial charge on any atom is -0.508 e. The number of phenolic OH excluding ortho intramolecular Hbond substituents is 1. The maximum Gasteiger partial charge on any atom is 0.489 e. The van der Waals surface area contributed by atoms with Gasteiger partial charge in [0.25, 0.3) is 0 Å². The monoisotopic (exact) mass is 419 g/mol. The number of benzene rings is 3. The van der Waals surface area contributed by atoms with Gasteiger partial charge in [-0.05, 0) is 84.6 Å². The summed E-state index contributed by atoms with van der Waals surface area (Å²) in [4.78, 5) is 15.7. The second-order valence-corrected chi connectivity index (χ2v) is 7.91. The number of carbonyl (C=O) groups excluding carboxylic acids is 1. The molecule has 1 heterocycles. The van der Waals surface area contributed by atoms with Crippen LogP contribution in [0.1, 0.15) is 35.2 Å². The molecular formula is C24H26BNO5. The molecule has 1 aliphatic heterocycles. The van der Waals surface area contributed by atoms with Gasteiger partial charge in [0.15, 0.2) is 5.78 Å². The van der Waals surface area contributed by atoms with Crippen molar-refractivity contribution >= 4 is 29.1 Å². The van der Waals surface area contributed by atoms with Crippen molar-refractivity contribution in [3.63, 3.8) is 0 Å². The van der Waals surface area contributed by atoms with E-state index in [1.807, 2.05) is 0 Å². The fraction of sp³-hybridized carbons (Fsp3) is 0.292. The third-order valence-electron chi connectivity index (χ3n) is 5.78. The maximum atomic E-state index is 13.3. The lowest BCUT2D eigenvalue weighted by Gasteiger charge is -2.26. The van der Waals surface area contributed by atoms with E-state index >= 15 is 0 Å². The van der Waals surface area contributed by atoms with E-state index in [4.69, 9.17) is 4.74 Å². The first-order valence-corrected chi connectivity index (χ1v) is 10.6. The van der Waals surface area contributed by atoms with E-state index in [9.17, 15) is 19.9 Å². The predicted octanol–water partition coefficient (Wildman–Crippen LogP) is 2.32. The molecule has 4 rings (SSSR count). The number of fused-ring (bicyclic) bond motifs is 1. The van der Waals surface area contributed by atoms with Crippen molar-refractivity contribution in [1.82, 2.24) is 4.90 Å². The summed E-state index contributed by atoms with van der Waals surface area (Å²) in [6, 6.07) is 14.7. The van der Waals surface area contributed by atoms with Gasteiger partial charge in [-0.15, -0.1) is 0 Å². The Morgan fingerprint density at radius 1 is 0.968 bits per heavy atom. The van der Waals surface area contributed by atoms with Gasteiger partial charge in [-0.25, -0.2) is 0 Å². The third kappa shape index (κ3) is 4.90. The summed E-state index contributed by atoms with van der Waals surface area (Å²) in [5.41, 5.74) is 0.766. The second-order valence-electron chi connectivity index (χ2n) is 7.91. The molecule has 0 aliphatic carbocycles. The summed E-state index contributed by atoms with van der Waals surface area (Å²) in [7, 11) is -1.78. The van der Waals surface area contributed by atoms with Gasteiger partial charge < -0.3 is 19.9 Å². The summed E-state index contributed by atoms with van der Waals surface area (Å²) in [5.74, 6) is 0.451. The molecule has 0 atom stereocenters. The number of phenols is 1. The molecule has 0 spiro atoms. The molecule has 1 fully saturated rings. The average Bonchev–Trinajstić information content (AvgIpc) is 2.79. The number of aromatic hydroxyl groups is 1. The van der Waals surface area contributed by atoms with Gasteiger partial charge in [-0.2, -0.15) is 0 Å². The van der Waals surface area contributed by atoms with Crippen LogP contribution in [-0.2, 0) is 0 Å². The molecule has 3 aromatic carbocycles. The van der Waals surface area contributed by atoms with Gasteiger partial charge in [-0.3, -0.25) is 9.69 Å². The van der Waals surface area contributed by atoms with Gasteiger partial charge in [0.05, 0.1) is 0 Å². The average molecular weight is 419 g/mol. The zero-order valence-corrected chi connectivity index (χ0v) is 17.3. The smallest absolute Gasteiger partial charge is 0.489 e. The van der Waals surface area contributed by atoms with Gasteiger partial charge in [-0.1, -0.05) is 18.6 Å². The Morgan fingerprint density at radius 3 is 2.42 bits per heavy atom. The molecule has 1 aliphatic rings. The molecule has 6 nitrogen and oxygen atoms in total. The Kier molecular flexibility index (Phi) is 6.56. The van der Waals surface area contributed by atoms with E-state index < -0.39 is 7.12 Å². The highest BCUT2D eigenvalue weighted by molar-refractivity contribution is 6.61. The van der Waals surface area contributed by atoms with Crippen LogP contribution in [0.4, 0.5) is 0 Å². The van der Waals surface area contributed by atoms with Crippen molar-refractivity contribution in [1.29, 1.82) is 0 Å². The molecule has 31 heavy (non-hydrogen) atoms. The molecule has 0 amide bonds. The van der Waals surface area contributed by atoms with E-state index in [-0.39, 0.29) is 22.6 Å². The molecular weight excluding hydrogens is 393 g/mol. The van der Waals surface area contributed by atoms with Gasteiger partial charge in [0, 0.05) is 17.7 Å². The number of hydrogen-bond donors (Lipinski definition) is 3. The van der Waals surface area contributed by atoms with Crippen molar-refractivity contribution in [3.8, 4) is 11.5 Å². The maximum absolute atomic E-state index is 13.3. The number of rotatable bonds is 7. The van der Waals surface area contributed by atoms with Crippen molar-refractivity contribution in [2.75, 3.05) is 26.2 Å². The summed E-state index contributed by atoms with van der Waals surface area (Å²) in [6.07, 6.45) is 3.80. The Labute approximate surface area is 181 Å². The minimum absolute atomic E-state index is 0.0780. The Balaban J connectivity index is 1.52. The lowest BCUT2D eigenvalue weighted by Crippen LogP contribution is -2.35. The van der Waals surface area contributed by atoms with Crippen LogP contribution < -0.4 is 10.2 Å². The fourth-order valence-corrected chi connectivity index (χ4v) is 4.13. The number of piperidine rings is 1. The molecule has 1 saturated heterocycles. The molecule has 0 aromatic heterocycles. The topological polar surface area (TPSA) is 90.2 Å². The van der Waals surface area contributed by atoms with Gasteiger partial charge >= 0.3 is 7.12 Å². The highest BCUT2D eigenvalue weighted by atomic mass is 16.5. The van der Waals surface area contributed by atoms with Crippen LogP contribution in [-0.4, -0.2) is 59.2 Å². The Hall–Kier alpha value is -2.87. The fourth-order valence-electron chi connectivity index (χ4n) is 4.13. The normalized spacial score (nSPS) is 14.5. The van der Waals surface area contributed by atoms with Crippen LogP contribution in [0.2, 0.25) is 0 Å². The van der Waals surface area contributed by atoms with E-state index in [1.165, 1.54) is 31.4 Å². The van der Waals surface area contributed by atoms with Crippen molar-refractivity contribution in [3.05, 3.63) is 65.7 Å². The minimum atomic E-state index is -1.78. The molecule has 3 aromatic rings. The lowest BCUT2D eigenvalue weighted by molar-refractivity contribution is 0.104. The number of ether oxygens (including phenoxy) is 1. The Bertz CT molecular complexity index is 1060. The van der Waals surface area contributed by atoms with E-state index in [0.717, 1.165) is 19.6 Å². The third-order valence-corrected chi connectivity index (χ3v) is 5.78. The molecule has 0 unspecified atom stereocenters. The molecule has 0 bridgehead atoms. The van der Waals surface area contributed by atoms with Crippen LogP contribution in [0, 0.1) is 0 Å². The quantitative estimate of drug-likeness (QED) is 0.402. The highest BCUT2D eigenvalue weighted by Crippen LogP contribution is 2.25. The van der Waals surface area contributed by atoms with Gasteiger partial charge in [0.2, 0.25) is 0 Å². The zero-order chi connectivity index (χ0) is 21.8. The number of ketones is 1. The summed E-state index contributed by atoms with van der Waals surface area (Å²) in [6.45, 7) is 3.74. The van der Waals surface area contributed by atoms with Crippen LogP contribution in [0.25, 0.3) is 10.8 Å².